The molecule has 0 aromatic rings. The fourth-order valence-electron chi connectivity index (χ4n) is 13.4. The molecule has 9 nitrogen and oxygen atoms in total. The molecule has 1 aliphatic heterocycles. The van der Waals surface area contributed by atoms with Crippen molar-refractivity contribution in [3.05, 3.63) is 0 Å². The highest BCUT2D eigenvalue weighted by atomic mass is 16.7. The largest absolute Gasteiger partial charge is 0.459 e. The van der Waals surface area contributed by atoms with Gasteiger partial charge in [-0.15, -0.1) is 0 Å². The number of carbonyl (C=O) groups is 1. The highest BCUT2D eigenvalue weighted by molar-refractivity contribution is 5.69. The Kier molecular flexibility index (Phi) is 9.31. The second-order valence-corrected chi connectivity index (χ2v) is 18.2. The van der Waals surface area contributed by atoms with E-state index < -0.39 is 42.4 Å². The third-order valence-corrected chi connectivity index (χ3v) is 15.5. The topological polar surface area (TPSA) is 146 Å². The number of aliphatic hydroxyl groups is 5. The minimum absolute atomic E-state index is 0.00858. The van der Waals surface area contributed by atoms with Crippen LogP contribution in [-0.4, -0.2) is 86.6 Å². The van der Waals surface area contributed by atoms with Crippen molar-refractivity contribution in [2.45, 2.75) is 168 Å². The van der Waals surface area contributed by atoms with E-state index in [2.05, 4.69) is 34.6 Å². The molecule has 0 amide bonds. The van der Waals surface area contributed by atoms with E-state index in [4.69, 9.17) is 14.2 Å². The van der Waals surface area contributed by atoms with E-state index in [0.29, 0.717) is 30.6 Å². The average molecular weight is 665 g/mol. The van der Waals surface area contributed by atoms with E-state index in [1.807, 2.05) is 0 Å². The van der Waals surface area contributed by atoms with Crippen LogP contribution in [0.5, 0.6) is 0 Å². The highest BCUT2D eigenvalue weighted by Crippen LogP contribution is 2.89. The van der Waals surface area contributed by atoms with Gasteiger partial charge in [-0.05, 0) is 122 Å². The van der Waals surface area contributed by atoms with Crippen molar-refractivity contribution < 1.29 is 44.5 Å². The molecule has 6 aliphatic rings. The zero-order valence-corrected chi connectivity index (χ0v) is 30.2. The first kappa shape index (κ1) is 36.0. The van der Waals surface area contributed by atoms with E-state index in [-0.39, 0.29) is 70.9 Å². The number of ether oxygens (including phenoxy) is 3. The number of fused-ring (bicyclic) bond motifs is 2. The lowest BCUT2D eigenvalue weighted by Gasteiger charge is -2.60. The summed E-state index contributed by atoms with van der Waals surface area (Å²) < 4.78 is 18.0. The summed E-state index contributed by atoms with van der Waals surface area (Å²) in [6.45, 7) is 16.9. The molecule has 0 radical (unpaired) electrons. The van der Waals surface area contributed by atoms with Crippen LogP contribution in [0.3, 0.4) is 0 Å². The van der Waals surface area contributed by atoms with Crippen LogP contribution < -0.4 is 0 Å². The monoisotopic (exact) mass is 664 g/mol. The summed E-state index contributed by atoms with van der Waals surface area (Å²) in [5.41, 5.74) is -1.10. The molecule has 5 N–H and O–H groups in total. The Morgan fingerprint density at radius 2 is 1.66 bits per heavy atom. The molecule has 47 heavy (non-hydrogen) atoms. The Bertz CT molecular complexity index is 1170. The van der Waals surface area contributed by atoms with Crippen molar-refractivity contribution >= 4 is 5.97 Å². The molecule has 270 valence electrons. The van der Waals surface area contributed by atoms with Gasteiger partial charge in [0.05, 0.1) is 36.6 Å². The van der Waals surface area contributed by atoms with Crippen LogP contribution in [0, 0.1) is 57.2 Å². The first-order valence-electron chi connectivity index (χ1n) is 18.8. The van der Waals surface area contributed by atoms with Crippen LogP contribution in [0.2, 0.25) is 0 Å². The lowest BCUT2D eigenvalue weighted by Crippen LogP contribution is -2.56. The maximum absolute atomic E-state index is 12.1. The van der Waals surface area contributed by atoms with Gasteiger partial charge in [0.15, 0.2) is 6.29 Å². The van der Waals surface area contributed by atoms with Gasteiger partial charge in [-0.3, -0.25) is 4.79 Å². The van der Waals surface area contributed by atoms with Crippen LogP contribution in [0.4, 0.5) is 0 Å². The Labute approximate surface area is 282 Å². The van der Waals surface area contributed by atoms with Crippen LogP contribution in [0.1, 0.15) is 120 Å². The summed E-state index contributed by atoms with van der Waals surface area (Å²) in [4.78, 5) is 12.1. The number of aliphatic hydroxyl groups excluding tert-OH is 4. The van der Waals surface area contributed by atoms with Gasteiger partial charge < -0.3 is 39.7 Å². The molecular formula is C38H64O9. The van der Waals surface area contributed by atoms with E-state index in [0.717, 1.165) is 38.5 Å². The number of esters is 1. The predicted octanol–water partition coefficient (Wildman–Crippen LogP) is 4.59. The smallest absolute Gasteiger partial charge is 0.305 e. The molecule has 1 saturated heterocycles. The second kappa shape index (κ2) is 12.2. The highest BCUT2D eigenvalue weighted by Gasteiger charge is 2.85. The van der Waals surface area contributed by atoms with Crippen molar-refractivity contribution in [2.24, 2.45) is 57.2 Å². The van der Waals surface area contributed by atoms with Gasteiger partial charge in [0, 0.05) is 12.8 Å². The molecule has 0 aromatic heterocycles. The van der Waals surface area contributed by atoms with Crippen LogP contribution >= 0.6 is 0 Å². The van der Waals surface area contributed by atoms with Gasteiger partial charge in [0.25, 0.3) is 0 Å². The number of rotatable bonds is 9. The Morgan fingerprint density at radius 3 is 2.30 bits per heavy atom. The Morgan fingerprint density at radius 1 is 0.957 bits per heavy atom. The van der Waals surface area contributed by atoms with Crippen LogP contribution in [-0.2, 0) is 19.0 Å². The van der Waals surface area contributed by atoms with Crippen molar-refractivity contribution in [3.63, 3.8) is 0 Å². The molecule has 9 heteroatoms. The second-order valence-electron chi connectivity index (χ2n) is 18.2. The standard InChI is InChI=1S/C38H64O9/c1-9-28(41)46-27(35(6,7)44)13-10-20(2)30-32(42)33(43)31-22-11-12-25-34(4,5)26(47-29-18-23(39)24(40)19-45-29)14-15-38(25)21(3)37(22,38)17-16-36(30,31)8/h20-27,29-33,39-40,42-44H,9-19H2,1-8H3/t20-,21+,22+,23-,24-,25?,26+,27+,29?,30+,31?,32+,33-,36-,37+,38?/m1/s1. The minimum atomic E-state index is -1.16. The first-order chi connectivity index (χ1) is 21.9. The SMILES string of the molecule is CCC(=O)O[C@@H](CC[C@@H](C)[C@H]1[C@H](O)[C@H](O)C2[C@@H]3CCC4C(C)(C)[C@@H](OC5C[C@@H](O)[C@H](O)CO5)CCC45[C@@H](C)[C@@]35CC[C@@]21C)C(C)(C)O. The van der Waals surface area contributed by atoms with E-state index in [1.54, 1.807) is 20.8 Å². The number of carbonyl (C=O) groups excluding carboxylic acids is 1. The van der Waals surface area contributed by atoms with Crippen molar-refractivity contribution in [3.8, 4) is 0 Å². The van der Waals surface area contributed by atoms with Crippen LogP contribution in [0.25, 0.3) is 0 Å². The molecule has 1 heterocycles. The lowest BCUT2D eigenvalue weighted by molar-refractivity contribution is -0.264. The van der Waals surface area contributed by atoms with Gasteiger partial charge in [0.1, 0.15) is 12.2 Å². The molecular weight excluding hydrogens is 600 g/mol. The molecule has 5 aliphatic carbocycles. The molecule has 5 saturated carbocycles. The quantitative estimate of drug-likeness (QED) is 0.177. The zero-order valence-electron chi connectivity index (χ0n) is 30.2. The third kappa shape index (κ3) is 5.29. The Hall–Kier alpha value is -0.810. The van der Waals surface area contributed by atoms with Crippen LogP contribution in [0.15, 0.2) is 0 Å². The lowest BCUT2D eigenvalue weighted by atomic mass is 9.46. The molecule has 6 rings (SSSR count). The summed E-state index contributed by atoms with van der Waals surface area (Å²) in [6, 6.07) is 0. The summed E-state index contributed by atoms with van der Waals surface area (Å²) in [7, 11) is 0. The predicted molar refractivity (Wildman–Crippen MR) is 176 cm³/mol. The average Bonchev–Trinajstić information content (AvgIpc) is 3.45. The molecule has 16 atom stereocenters. The summed E-state index contributed by atoms with van der Waals surface area (Å²) in [5.74, 6) is 1.10. The molecule has 2 spiro atoms. The van der Waals surface area contributed by atoms with Gasteiger partial charge in [-0.25, -0.2) is 0 Å². The third-order valence-electron chi connectivity index (χ3n) is 15.5. The minimum Gasteiger partial charge on any atom is -0.459 e. The van der Waals surface area contributed by atoms with Crippen molar-refractivity contribution in [1.82, 2.24) is 0 Å². The van der Waals surface area contributed by atoms with Crippen molar-refractivity contribution in [1.29, 1.82) is 0 Å². The van der Waals surface area contributed by atoms with E-state index in [9.17, 15) is 30.3 Å². The fraction of sp³-hybridized carbons (Fsp3) is 0.974. The summed E-state index contributed by atoms with van der Waals surface area (Å²) >= 11 is 0. The number of hydrogen-bond acceptors (Lipinski definition) is 9. The fourth-order valence-corrected chi connectivity index (χ4v) is 13.4. The van der Waals surface area contributed by atoms with E-state index in [1.165, 1.54) is 0 Å². The number of hydrogen-bond donors (Lipinski definition) is 5. The van der Waals surface area contributed by atoms with Gasteiger partial charge >= 0.3 is 5.97 Å². The molecule has 0 bridgehead atoms. The zero-order chi connectivity index (χ0) is 34.5. The van der Waals surface area contributed by atoms with Gasteiger partial charge in [-0.2, -0.15) is 0 Å². The maximum atomic E-state index is 12.1. The molecule has 4 unspecified atom stereocenters. The van der Waals surface area contributed by atoms with Gasteiger partial charge in [0.2, 0.25) is 0 Å². The summed E-state index contributed by atoms with van der Waals surface area (Å²) in [5, 5.41) is 54.6. The molecule has 0 aromatic carbocycles. The first-order valence-corrected chi connectivity index (χ1v) is 18.8. The summed E-state index contributed by atoms with van der Waals surface area (Å²) in [6.07, 6.45) is 3.58. The van der Waals surface area contributed by atoms with Crippen molar-refractivity contribution in [2.75, 3.05) is 6.61 Å². The Balaban J connectivity index is 1.19. The maximum Gasteiger partial charge on any atom is 0.305 e. The van der Waals surface area contributed by atoms with E-state index >= 15 is 0 Å². The van der Waals surface area contributed by atoms with Gasteiger partial charge in [-0.1, -0.05) is 41.5 Å². The molecule has 6 fully saturated rings. The normalized spacial score (nSPS) is 49.9.